The zero-order valence-electron chi connectivity index (χ0n) is 22.1. The largest absolute Gasteiger partial charge is 0.490 e. The minimum Gasteiger partial charge on any atom is -0.490 e. The van der Waals surface area contributed by atoms with E-state index in [-0.39, 0.29) is 24.3 Å². The van der Waals surface area contributed by atoms with Gasteiger partial charge < -0.3 is 24.5 Å². The third-order valence-corrected chi connectivity index (χ3v) is 7.62. The lowest BCUT2D eigenvalue weighted by molar-refractivity contribution is 0.201. The highest BCUT2D eigenvalue weighted by molar-refractivity contribution is 6.31. The molecule has 8 nitrogen and oxygen atoms in total. The van der Waals surface area contributed by atoms with Crippen molar-refractivity contribution in [3.05, 3.63) is 52.9 Å². The molecule has 0 saturated carbocycles. The van der Waals surface area contributed by atoms with Crippen LogP contribution in [-0.2, 0) is 0 Å². The van der Waals surface area contributed by atoms with Gasteiger partial charge in [-0.3, -0.25) is 0 Å². The Kier molecular flexibility index (Phi) is 7.85. The van der Waals surface area contributed by atoms with Crippen LogP contribution in [0.25, 0.3) is 11.3 Å². The third-order valence-electron chi connectivity index (χ3n) is 7.33. The van der Waals surface area contributed by atoms with Crippen LogP contribution in [0, 0.1) is 12.7 Å². The van der Waals surface area contributed by atoms with Gasteiger partial charge in [-0.2, -0.15) is 4.98 Å². The number of hydrogen-bond donors (Lipinski definition) is 1. The molecule has 2 aromatic heterocycles. The molecule has 10 heteroatoms. The Bertz CT molecular complexity index is 1290. The molecule has 3 aromatic rings. The highest BCUT2D eigenvalue weighted by Crippen LogP contribution is 2.32. The molecule has 1 N–H and O–H groups in total. The molecule has 0 aliphatic carbocycles. The van der Waals surface area contributed by atoms with E-state index in [1.165, 1.54) is 6.07 Å². The molecule has 2 aliphatic heterocycles. The van der Waals surface area contributed by atoms with Crippen LogP contribution in [-0.4, -0.2) is 71.5 Å². The monoisotopic (exact) mass is 540 g/mol. The molecule has 0 amide bonds. The maximum absolute atomic E-state index is 13.9. The minimum atomic E-state index is -0.445. The lowest BCUT2D eigenvalue weighted by Crippen LogP contribution is -2.53. The zero-order valence-corrected chi connectivity index (χ0v) is 22.8. The predicted molar refractivity (Wildman–Crippen MR) is 149 cm³/mol. The first-order valence-corrected chi connectivity index (χ1v) is 13.5. The van der Waals surface area contributed by atoms with Gasteiger partial charge in [0, 0.05) is 49.9 Å². The molecular weight excluding hydrogens is 507 g/mol. The summed E-state index contributed by atoms with van der Waals surface area (Å²) in [5, 5.41) is 9.09. The summed E-state index contributed by atoms with van der Waals surface area (Å²) in [5.41, 5.74) is 2.53. The van der Waals surface area contributed by atoms with Gasteiger partial charge in [0.05, 0.1) is 23.5 Å². The molecule has 5 rings (SSSR count). The number of benzene rings is 1. The van der Waals surface area contributed by atoms with Crippen molar-refractivity contribution in [1.82, 2.24) is 15.0 Å². The van der Waals surface area contributed by atoms with Crippen LogP contribution in [0.1, 0.15) is 32.3 Å². The molecule has 38 heavy (non-hydrogen) atoms. The molecule has 0 spiro atoms. The maximum atomic E-state index is 13.9. The SMILES string of the molecule is Cc1cc(OCCO)cnc1N1CCN(c2cc(-c3ccc(F)c(Cl)c3)nc(N3CCC[C@H]3C)n2)[C@H](C)C1. The number of aromatic nitrogens is 3. The van der Waals surface area contributed by atoms with Crippen molar-refractivity contribution in [1.29, 1.82) is 0 Å². The van der Waals surface area contributed by atoms with Crippen LogP contribution in [0.5, 0.6) is 5.75 Å². The van der Waals surface area contributed by atoms with E-state index in [4.69, 9.17) is 31.4 Å². The van der Waals surface area contributed by atoms with E-state index < -0.39 is 5.82 Å². The average molecular weight is 541 g/mol. The fourth-order valence-electron chi connectivity index (χ4n) is 5.34. The summed E-state index contributed by atoms with van der Waals surface area (Å²) in [6.45, 7) is 9.88. The number of ether oxygens (including phenoxy) is 1. The van der Waals surface area contributed by atoms with Crippen molar-refractivity contribution in [2.24, 2.45) is 0 Å². The van der Waals surface area contributed by atoms with Gasteiger partial charge in [-0.15, -0.1) is 0 Å². The smallest absolute Gasteiger partial charge is 0.228 e. The third kappa shape index (κ3) is 5.49. The first-order valence-electron chi connectivity index (χ1n) is 13.2. The number of rotatable bonds is 7. The van der Waals surface area contributed by atoms with Crippen molar-refractivity contribution in [2.45, 2.75) is 45.7 Å². The van der Waals surface area contributed by atoms with Gasteiger partial charge in [0.25, 0.3) is 0 Å². The molecule has 0 bridgehead atoms. The fraction of sp³-hybridized carbons (Fsp3) is 0.464. The molecule has 2 fully saturated rings. The molecule has 0 unspecified atom stereocenters. The Morgan fingerprint density at radius 1 is 1.08 bits per heavy atom. The summed E-state index contributed by atoms with van der Waals surface area (Å²) < 4.78 is 19.4. The lowest BCUT2D eigenvalue weighted by atomic mass is 10.1. The van der Waals surface area contributed by atoms with E-state index in [9.17, 15) is 4.39 Å². The number of nitrogens with zero attached hydrogens (tertiary/aromatic N) is 6. The number of aryl methyl sites for hydroxylation is 1. The molecule has 0 radical (unpaired) electrons. The van der Waals surface area contributed by atoms with Gasteiger partial charge in [0.15, 0.2) is 0 Å². The van der Waals surface area contributed by atoms with Crippen molar-refractivity contribution in [2.75, 3.05) is 54.1 Å². The lowest BCUT2D eigenvalue weighted by Gasteiger charge is -2.41. The van der Waals surface area contributed by atoms with E-state index in [1.54, 1.807) is 18.3 Å². The van der Waals surface area contributed by atoms with Gasteiger partial charge in [-0.05, 0) is 63.4 Å². The highest BCUT2D eigenvalue weighted by atomic mass is 35.5. The summed E-state index contributed by atoms with van der Waals surface area (Å²) >= 11 is 6.12. The Morgan fingerprint density at radius 3 is 2.61 bits per heavy atom. The van der Waals surface area contributed by atoms with Crippen molar-refractivity contribution in [3.63, 3.8) is 0 Å². The number of aliphatic hydroxyl groups is 1. The van der Waals surface area contributed by atoms with Crippen molar-refractivity contribution < 1.29 is 14.2 Å². The number of hydrogen-bond acceptors (Lipinski definition) is 8. The summed E-state index contributed by atoms with van der Waals surface area (Å²) in [7, 11) is 0. The summed E-state index contributed by atoms with van der Waals surface area (Å²) in [4.78, 5) is 21.4. The second-order valence-electron chi connectivity index (χ2n) is 10.1. The van der Waals surface area contributed by atoms with Crippen molar-refractivity contribution in [3.8, 4) is 17.0 Å². The number of anilines is 3. The van der Waals surface area contributed by atoms with E-state index in [0.717, 1.165) is 67.5 Å². The molecule has 4 heterocycles. The molecular formula is C28H34ClFN6O2. The number of aliphatic hydroxyl groups excluding tert-OH is 1. The Morgan fingerprint density at radius 2 is 1.92 bits per heavy atom. The molecule has 2 aliphatic rings. The first kappa shape index (κ1) is 26.4. The second-order valence-corrected chi connectivity index (χ2v) is 10.5. The second kappa shape index (κ2) is 11.3. The fourth-order valence-corrected chi connectivity index (χ4v) is 5.52. The Hall–Kier alpha value is -3.17. The maximum Gasteiger partial charge on any atom is 0.228 e. The van der Waals surface area contributed by atoms with Crippen LogP contribution in [0.2, 0.25) is 5.02 Å². The van der Waals surface area contributed by atoms with E-state index in [1.807, 2.05) is 19.1 Å². The van der Waals surface area contributed by atoms with Crippen LogP contribution < -0.4 is 19.4 Å². The van der Waals surface area contributed by atoms with Gasteiger partial charge in [-0.1, -0.05) is 11.6 Å². The zero-order chi connectivity index (χ0) is 26.8. The molecule has 1 aromatic carbocycles. The van der Waals surface area contributed by atoms with E-state index >= 15 is 0 Å². The van der Waals surface area contributed by atoms with E-state index in [0.29, 0.717) is 17.7 Å². The van der Waals surface area contributed by atoms with Crippen molar-refractivity contribution >= 4 is 29.2 Å². The first-order chi connectivity index (χ1) is 18.3. The number of piperazine rings is 1. The predicted octanol–water partition coefficient (Wildman–Crippen LogP) is 4.71. The Balaban J connectivity index is 1.42. The number of pyridine rings is 1. The molecule has 202 valence electrons. The minimum absolute atomic E-state index is 0.0301. The van der Waals surface area contributed by atoms with Crippen LogP contribution in [0.4, 0.5) is 22.0 Å². The normalized spacial score (nSPS) is 19.8. The van der Waals surface area contributed by atoms with Gasteiger partial charge in [-0.25, -0.2) is 14.4 Å². The standard InChI is InChI=1S/C28H34ClFN6O2/c1-18-13-22(38-12-11-37)16-31-27(18)34-9-10-35(20(3)17-34)26-15-25(21-6-7-24(30)23(29)14-21)32-28(33-26)36-8-4-5-19(36)2/h6-7,13-16,19-20,37H,4-5,8-12,17H2,1-3H3/t19-,20-/m1/s1. The molecule has 2 atom stereocenters. The number of halogens is 2. The quantitative estimate of drug-likeness (QED) is 0.461. The van der Waals surface area contributed by atoms with Crippen LogP contribution in [0.3, 0.4) is 0 Å². The highest BCUT2D eigenvalue weighted by Gasteiger charge is 2.29. The average Bonchev–Trinajstić information content (AvgIpc) is 3.34. The van der Waals surface area contributed by atoms with E-state index in [2.05, 4.69) is 33.5 Å². The topological polar surface area (TPSA) is 77.9 Å². The summed E-state index contributed by atoms with van der Waals surface area (Å²) in [6.07, 6.45) is 3.93. The van der Waals surface area contributed by atoms with Crippen LogP contribution >= 0.6 is 11.6 Å². The Labute approximate surface area is 228 Å². The van der Waals surface area contributed by atoms with Crippen LogP contribution in [0.15, 0.2) is 36.5 Å². The van der Waals surface area contributed by atoms with Gasteiger partial charge in [0.2, 0.25) is 5.95 Å². The molecule has 2 saturated heterocycles. The van der Waals surface area contributed by atoms with Gasteiger partial charge in [0.1, 0.15) is 29.8 Å². The summed E-state index contributed by atoms with van der Waals surface area (Å²) in [6, 6.07) is 9.20. The van der Waals surface area contributed by atoms with Gasteiger partial charge >= 0.3 is 0 Å². The summed E-state index contributed by atoms with van der Waals surface area (Å²) in [5.74, 6) is 2.70.